The van der Waals surface area contributed by atoms with Gasteiger partial charge in [0.15, 0.2) is 5.75 Å². The lowest BCUT2D eigenvalue weighted by Gasteiger charge is -2.32. The Balaban J connectivity index is 2.53. The molecule has 1 atom stereocenters. The van der Waals surface area contributed by atoms with Gasteiger partial charge in [0.1, 0.15) is 5.75 Å². The van der Waals surface area contributed by atoms with E-state index < -0.39 is 10.8 Å². The van der Waals surface area contributed by atoms with Crippen molar-refractivity contribution in [2.75, 3.05) is 7.11 Å². The molecule has 0 saturated heterocycles. The third kappa shape index (κ3) is 1.61. The van der Waals surface area contributed by atoms with Crippen molar-refractivity contribution in [2.24, 2.45) is 0 Å². The molecule has 0 spiro atoms. The molecule has 6 heteroatoms. The van der Waals surface area contributed by atoms with E-state index in [1.165, 1.54) is 25.3 Å². The summed E-state index contributed by atoms with van der Waals surface area (Å²) in [4.78, 5) is -1.80. The fraction of sp³-hybridized carbons (Fsp3) is 0.111. The van der Waals surface area contributed by atoms with E-state index in [-0.39, 0.29) is 11.4 Å². The lowest BCUT2D eigenvalue weighted by molar-refractivity contribution is -0.00158. The first-order chi connectivity index (χ1) is 7.03. The van der Waals surface area contributed by atoms with Gasteiger partial charge in [-0.3, -0.25) is 0 Å². The number of quaternary nitrogens is 1. The normalized spacial score (nSPS) is 23.8. The molecule has 1 aromatic rings. The minimum atomic E-state index is -1.80. The van der Waals surface area contributed by atoms with Gasteiger partial charge in [-0.15, -0.1) is 4.81 Å². The molecule has 0 bridgehead atoms. The van der Waals surface area contributed by atoms with Crippen LogP contribution in [0.15, 0.2) is 30.3 Å². The summed E-state index contributed by atoms with van der Waals surface area (Å²) < 4.78 is 9.78. The molecule has 80 valence electrons. The van der Waals surface area contributed by atoms with Gasteiger partial charge in [0.25, 0.3) is 0 Å². The molecule has 1 heterocycles. The van der Waals surface area contributed by atoms with E-state index in [4.69, 9.17) is 14.6 Å². The second-order valence-corrected chi connectivity index (χ2v) is 3.03. The number of hydroxylamine groups is 2. The molecular formula is C9H9NO5. The summed E-state index contributed by atoms with van der Waals surface area (Å²) in [5, 5.41) is 30.0. The summed E-state index contributed by atoms with van der Waals surface area (Å²) in [6, 6.07) is 4.28. The number of benzene rings is 1. The molecule has 0 amide bonds. The summed E-state index contributed by atoms with van der Waals surface area (Å²) in [6.07, 6.45) is 0.634. The fourth-order valence-electron chi connectivity index (χ4n) is 1.33. The quantitative estimate of drug-likeness (QED) is 0.545. The summed E-state index contributed by atoms with van der Waals surface area (Å²) in [6.45, 7) is 0. The van der Waals surface area contributed by atoms with Crippen LogP contribution in [-0.4, -0.2) is 17.4 Å². The number of nitrogens with zero attached hydrogens (tertiary/aromatic N) is 1. The Morgan fingerprint density at radius 2 is 2.20 bits per heavy atom. The predicted octanol–water partition coefficient (Wildman–Crippen LogP) is 1.64. The minimum absolute atomic E-state index is 0.0198. The molecule has 1 aromatic carbocycles. The van der Waals surface area contributed by atoms with Crippen LogP contribution in [0, 0.1) is 5.21 Å². The van der Waals surface area contributed by atoms with Gasteiger partial charge in [-0.05, 0) is 6.07 Å². The molecule has 0 radical (unpaired) electrons. The summed E-state index contributed by atoms with van der Waals surface area (Å²) in [5.41, 5.74) is -0.0198. The molecular weight excluding hydrogens is 202 g/mol. The van der Waals surface area contributed by atoms with Crippen molar-refractivity contribution < 1.29 is 19.8 Å². The summed E-state index contributed by atoms with van der Waals surface area (Å²) in [7, 11) is 1.46. The molecule has 0 aliphatic carbocycles. The summed E-state index contributed by atoms with van der Waals surface area (Å²) >= 11 is 0. The maximum absolute atomic E-state index is 11.5. The SMILES string of the molecule is COc1ccc2c(c1)OC(O)=C[N+]2([O-])O. The largest absolute Gasteiger partial charge is 0.588 e. The van der Waals surface area contributed by atoms with E-state index in [9.17, 15) is 10.4 Å². The average Bonchev–Trinajstić information content (AvgIpc) is 2.15. The Kier molecular flexibility index (Phi) is 2.04. The van der Waals surface area contributed by atoms with Crippen LogP contribution < -0.4 is 14.3 Å². The summed E-state index contributed by atoms with van der Waals surface area (Å²) in [5.74, 6) is -0.122. The lowest BCUT2D eigenvalue weighted by Crippen LogP contribution is -2.36. The van der Waals surface area contributed by atoms with Crippen molar-refractivity contribution in [3.63, 3.8) is 0 Å². The molecule has 15 heavy (non-hydrogen) atoms. The lowest BCUT2D eigenvalue weighted by atomic mass is 10.2. The topological polar surface area (TPSA) is 82.0 Å². The Morgan fingerprint density at radius 1 is 1.47 bits per heavy atom. The van der Waals surface area contributed by atoms with E-state index in [2.05, 4.69) is 0 Å². The zero-order chi connectivity index (χ0) is 11.1. The fourth-order valence-corrected chi connectivity index (χ4v) is 1.33. The van der Waals surface area contributed by atoms with Gasteiger partial charge in [-0.25, -0.2) is 5.21 Å². The number of aliphatic hydroxyl groups is 1. The highest BCUT2D eigenvalue weighted by molar-refractivity contribution is 5.60. The monoisotopic (exact) mass is 211 g/mol. The van der Waals surface area contributed by atoms with Crippen LogP contribution in [0.4, 0.5) is 5.69 Å². The van der Waals surface area contributed by atoms with Crippen molar-refractivity contribution in [3.05, 3.63) is 35.6 Å². The molecule has 0 aromatic heterocycles. The van der Waals surface area contributed by atoms with Gasteiger partial charge < -0.3 is 19.8 Å². The standard InChI is InChI=1S/C9H9NO5/c1-14-6-2-3-7-8(4-6)15-9(11)5-10(7,12)13/h2-5,11-12H,1H3. The molecule has 6 nitrogen and oxygen atoms in total. The van der Waals surface area contributed by atoms with Crippen molar-refractivity contribution >= 4 is 5.69 Å². The van der Waals surface area contributed by atoms with Gasteiger partial charge in [-0.1, -0.05) is 0 Å². The van der Waals surface area contributed by atoms with Gasteiger partial charge in [0, 0.05) is 12.1 Å². The van der Waals surface area contributed by atoms with E-state index in [0.29, 0.717) is 11.9 Å². The van der Waals surface area contributed by atoms with E-state index in [1.54, 1.807) is 0 Å². The van der Waals surface area contributed by atoms with Crippen LogP contribution in [-0.2, 0) is 0 Å². The number of hydrogen-bond acceptors (Lipinski definition) is 5. The van der Waals surface area contributed by atoms with E-state index >= 15 is 0 Å². The van der Waals surface area contributed by atoms with Crippen molar-refractivity contribution in [1.82, 2.24) is 4.81 Å². The Hall–Kier alpha value is -1.76. The van der Waals surface area contributed by atoms with Gasteiger partial charge in [0.2, 0.25) is 11.9 Å². The third-order valence-corrected chi connectivity index (χ3v) is 2.01. The second-order valence-electron chi connectivity index (χ2n) is 3.03. The van der Waals surface area contributed by atoms with Crippen molar-refractivity contribution in [1.29, 1.82) is 0 Å². The second kappa shape index (κ2) is 3.13. The zero-order valence-corrected chi connectivity index (χ0v) is 7.88. The van der Waals surface area contributed by atoms with Gasteiger partial charge in [0.05, 0.1) is 7.11 Å². The van der Waals surface area contributed by atoms with Crippen LogP contribution in [0.25, 0.3) is 0 Å². The Morgan fingerprint density at radius 3 is 2.87 bits per heavy atom. The zero-order valence-electron chi connectivity index (χ0n) is 7.88. The number of fused-ring (bicyclic) bond motifs is 1. The number of hydrogen-bond donors (Lipinski definition) is 2. The molecule has 1 aliphatic rings. The number of rotatable bonds is 1. The number of aliphatic hydroxyl groups excluding tert-OH is 1. The van der Waals surface area contributed by atoms with Crippen LogP contribution in [0.3, 0.4) is 0 Å². The van der Waals surface area contributed by atoms with Crippen molar-refractivity contribution in [3.8, 4) is 11.5 Å². The molecule has 2 N–H and O–H groups in total. The first kappa shape index (κ1) is 9.78. The highest BCUT2D eigenvalue weighted by atomic mass is 16.8. The van der Waals surface area contributed by atoms with E-state index in [1.807, 2.05) is 0 Å². The van der Waals surface area contributed by atoms with Gasteiger partial charge in [-0.2, -0.15) is 0 Å². The van der Waals surface area contributed by atoms with Crippen LogP contribution >= 0.6 is 0 Å². The number of ether oxygens (including phenoxy) is 2. The molecule has 2 rings (SSSR count). The first-order valence-corrected chi connectivity index (χ1v) is 4.14. The Labute approximate surface area is 85.3 Å². The van der Waals surface area contributed by atoms with Crippen molar-refractivity contribution in [2.45, 2.75) is 0 Å². The molecule has 0 fully saturated rings. The Bertz CT molecular complexity index is 427. The van der Waals surface area contributed by atoms with Gasteiger partial charge >= 0.3 is 5.95 Å². The predicted molar refractivity (Wildman–Crippen MR) is 51.3 cm³/mol. The first-order valence-electron chi connectivity index (χ1n) is 4.14. The highest BCUT2D eigenvalue weighted by Gasteiger charge is 2.29. The average molecular weight is 211 g/mol. The van der Waals surface area contributed by atoms with Crippen LogP contribution in [0.5, 0.6) is 11.5 Å². The smallest absolute Gasteiger partial charge is 0.342 e. The molecule has 1 aliphatic heterocycles. The molecule has 0 saturated carbocycles. The maximum Gasteiger partial charge on any atom is 0.342 e. The van der Waals surface area contributed by atoms with E-state index in [0.717, 1.165) is 0 Å². The maximum atomic E-state index is 11.5. The third-order valence-electron chi connectivity index (χ3n) is 2.01. The van der Waals surface area contributed by atoms with Crippen LogP contribution in [0.1, 0.15) is 0 Å². The highest BCUT2D eigenvalue weighted by Crippen LogP contribution is 2.39. The van der Waals surface area contributed by atoms with Crippen LogP contribution in [0.2, 0.25) is 0 Å². The number of methoxy groups -OCH3 is 1. The molecule has 1 unspecified atom stereocenters. The minimum Gasteiger partial charge on any atom is -0.588 e.